The normalized spacial score (nSPS) is 10.6. The van der Waals surface area contributed by atoms with Crippen molar-refractivity contribution < 1.29 is 10.4 Å². The van der Waals surface area contributed by atoms with E-state index in [2.05, 4.69) is 9.97 Å². The Hall–Kier alpha value is -2.12. The molecule has 0 aliphatic carbocycles. The van der Waals surface area contributed by atoms with Gasteiger partial charge in [-0.3, -0.25) is 9.97 Å². The van der Waals surface area contributed by atoms with Crippen LogP contribution in [0.5, 0.6) is 11.5 Å². The monoisotopic (exact) mass is 358 g/mol. The molecule has 2 aromatic carbocycles. The maximum Gasteiger partial charge on any atom is 0.743 e. The van der Waals surface area contributed by atoms with Crippen LogP contribution in [0, 0.1) is 0 Å². The summed E-state index contributed by atoms with van der Waals surface area (Å²) in [5.41, 5.74) is 1.69. The van der Waals surface area contributed by atoms with Crippen molar-refractivity contribution in [3.8, 4) is 11.5 Å². The zero-order valence-electron chi connectivity index (χ0n) is 13.2. The zero-order chi connectivity index (χ0) is 16.9. The Morgan fingerprint density at radius 2 is 1.08 bits per heavy atom. The highest BCUT2D eigenvalue weighted by molar-refractivity contribution is 6.35. The molecule has 2 heterocycles. The molecule has 4 aromatic rings. The van der Waals surface area contributed by atoms with Gasteiger partial charge in [0.05, 0.1) is 0 Å². The highest BCUT2D eigenvalue weighted by atomic mass is 27.3. The van der Waals surface area contributed by atoms with Crippen molar-refractivity contribution in [2.24, 2.45) is 0 Å². The highest BCUT2D eigenvalue weighted by Gasteiger charge is 2.11. The summed E-state index contributed by atoms with van der Waals surface area (Å²) in [6, 6.07) is 19.5. The standard InChI is InChI=1S/2C9H7NO.2Al.O/c2*11-8-5-1-3-7-4-2-6-10-9(7)8;;;/h2*1-6,11H;;;/q;;2*+1;/p-2. The second-order valence-corrected chi connectivity index (χ2v) is 7.17. The van der Waals surface area contributed by atoms with Crippen molar-refractivity contribution >= 4 is 53.6 Å². The van der Waals surface area contributed by atoms with Gasteiger partial charge in [-0.2, -0.15) is 0 Å². The van der Waals surface area contributed by atoms with E-state index in [1.807, 2.05) is 60.7 Å². The molecule has 5 nitrogen and oxygen atoms in total. The first kappa shape index (κ1) is 16.4. The molecule has 0 N–H and O–H groups in total. The van der Waals surface area contributed by atoms with E-state index in [4.69, 9.17) is 10.4 Å². The Morgan fingerprint density at radius 1 is 0.600 bits per heavy atom. The summed E-state index contributed by atoms with van der Waals surface area (Å²) in [4.78, 5) is 8.72. The average molecular weight is 358 g/mol. The molecule has 118 valence electrons. The number of benzene rings is 2. The van der Waals surface area contributed by atoms with Crippen LogP contribution in [0.2, 0.25) is 0 Å². The molecule has 0 bridgehead atoms. The third kappa shape index (κ3) is 3.77. The highest BCUT2D eigenvalue weighted by Crippen LogP contribution is 2.23. The van der Waals surface area contributed by atoms with Gasteiger partial charge < -0.3 is 10.4 Å². The largest absolute Gasteiger partial charge is 0.743 e. The quantitative estimate of drug-likeness (QED) is 0.391. The van der Waals surface area contributed by atoms with Crippen molar-refractivity contribution in [2.75, 3.05) is 0 Å². The van der Waals surface area contributed by atoms with Crippen LogP contribution >= 0.6 is 0 Å². The fraction of sp³-hybridized carbons (Fsp3) is 0. The van der Waals surface area contributed by atoms with E-state index in [0.717, 1.165) is 33.3 Å². The minimum Gasteiger partial charge on any atom is -0.626 e. The fourth-order valence-corrected chi connectivity index (χ4v) is 3.74. The van der Waals surface area contributed by atoms with Crippen LogP contribution in [0.3, 0.4) is 0 Å². The van der Waals surface area contributed by atoms with Gasteiger partial charge in [-0.15, -0.1) is 0 Å². The molecule has 4 rings (SSSR count). The van der Waals surface area contributed by atoms with E-state index in [0.29, 0.717) is 0 Å². The fourth-order valence-electron chi connectivity index (χ4n) is 2.52. The maximum atomic E-state index is 5.77. The lowest BCUT2D eigenvalue weighted by atomic mass is 10.2. The molecule has 0 aliphatic heterocycles. The summed E-state index contributed by atoms with van der Waals surface area (Å²) in [6.45, 7) is 0. The summed E-state index contributed by atoms with van der Waals surface area (Å²) in [5, 5.41) is 2.09. The first-order valence-corrected chi connectivity index (χ1v) is 9.60. The third-order valence-electron chi connectivity index (χ3n) is 3.65. The Labute approximate surface area is 158 Å². The predicted molar refractivity (Wildman–Crippen MR) is 97.3 cm³/mol. The SMILES string of the molecule is c1cnc2c([O][Al][O][Al][O]c3cccc4cccnc34)cccc2c1. The van der Waals surface area contributed by atoms with E-state index in [1.54, 1.807) is 12.4 Å². The molecular weight excluding hydrogens is 346 g/mol. The third-order valence-corrected chi connectivity index (χ3v) is 5.24. The molecule has 2 radical (unpaired) electrons. The van der Waals surface area contributed by atoms with Crippen molar-refractivity contribution in [1.29, 1.82) is 0 Å². The minimum atomic E-state index is -0.669. The predicted octanol–water partition coefficient (Wildman–Crippen LogP) is 3.33. The molecule has 7 heteroatoms. The van der Waals surface area contributed by atoms with Crippen LogP contribution < -0.4 is 7.58 Å². The molecule has 2 aromatic heterocycles. The molecule has 0 fully saturated rings. The number of hydrogen-bond donors (Lipinski definition) is 0. The Balaban J connectivity index is 1.35. The van der Waals surface area contributed by atoms with Crippen LogP contribution in [0.25, 0.3) is 21.8 Å². The average Bonchev–Trinajstić information content (AvgIpc) is 2.68. The molecule has 0 atom stereocenters. The van der Waals surface area contributed by atoms with E-state index >= 15 is 0 Å². The van der Waals surface area contributed by atoms with Gasteiger partial charge in [-0.05, 0) is 24.3 Å². The van der Waals surface area contributed by atoms with Crippen molar-refractivity contribution in [3.63, 3.8) is 0 Å². The van der Waals surface area contributed by atoms with Gasteiger partial charge in [0.2, 0.25) is 0 Å². The molecule has 25 heavy (non-hydrogen) atoms. The molecule has 0 spiro atoms. The molecule has 0 saturated carbocycles. The Kier molecular flexibility index (Phi) is 5.13. The maximum absolute atomic E-state index is 5.77. The van der Waals surface area contributed by atoms with Crippen molar-refractivity contribution in [3.05, 3.63) is 73.1 Å². The van der Waals surface area contributed by atoms with Crippen LogP contribution in [0.4, 0.5) is 0 Å². The van der Waals surface area contributed by atoms with Crippen molar-refractivity contribution in [2.45, 2.75) is 0 Å². The molecule has 0 aliphatic rings. The van der Waals surface area contributed by atoms with E-state index < -0.39 is 31.8 Å². The Morgan fingerprint density at radius 3 is 1.60 bits per heavy atom. The summed E-state index contributed by atoms with van der Waals surface area (Å²) in [5.74, 6) is 1.47. The number of nitrogens with zero attached hydrogens (tertiary/aromatic N) is 2. The summed E-state index contributed by atoms with van der Waals surface area (Å²) in [6.07, 6.45) is 3.51. The van der Waals surface area contributed by atoms with Gasteiger partial charge in [0.15, 0.2) is 0 Å². The molecular formula is C18H12Al2N2O3. The number of rotatable bonds is 6. The Bertz CT molecular complexity index is 922. The number of hydrogen-bond acceptors (Lipinski definition) is 5. The number of aromatic nitrogens is 2. The zero-order valence-corrected chi connectivity index (χ0v) is 15.5. The second kappa shape index (κ2) is 7.84. The van der Waals surface area contributed by atoms with Gasteiger partial charge in [-0.25, -0.2) is 0 Å². The number of para-hydroxylation sites is 2. The van der Waals surface area contributed by atoms with Crippen LogP contribution in [0.1, 0.15) is 0 Å². The molecule has 0 unspecified atom stereocenters. The van der Waals surface area contributed by atoms with Crippen LogP contribution in [0.15, 0.2) is 73.1 Å². The van der Waals surface area contributed by atoms with E-state index in [9.17, 15) is 0 Å². The van der Waals surface area contributed by atoms with E-state index in [1.165, 1.54) is 0 Å². The van der Waals surface area contributed by atoms with Crippen LogP contribution in [-0.4, -0.2) is 41.7 Å². The number of fused-ring (bicyclic) bond motifs is 2. The lowest BCUT2D eigenvalue weighted by Crippen LogP contribution is -2.16. The smallest absolute Gasteiger partial charge is 0.626 e. The van der Waals surface area contributed by atoms with Gasteiger partial charge in [0.1, 0.15) is 22.5 Å². The minimum absolute atomic E-state index is 0.669. The van der Waals surface area contributed by atoms with Crippen LogP contribution in [-0.2, 0) is 2.84 Å². The summed E-state index contributed by atoms with van der Waals surface area (Å²) < 4.78 is 17.1. The summed E-state index contributed by atoms with van der Waals surface area (Å²) in [7, 11) is 0. The first-order chi connectivity index (χ1) is 12.4. The van der Waals surface area contributed by atoms with Crippen molar-refractivity contribution in [1.82, 2.24) is 9.97 Å². The summed E-state index contributed by atoms with van der Waals surface area (Å²) >= 11 is -1.34. The van der Waals surface area contributed by atoms with Gasteiger partial charge >= 0.3 is 31.8 Å². The topological polar surface area (TPSA) is 53.5 Å². The lowest BCUT2D eigenvalue weighted by molar-refractivity contribution is 0.420. The lowest BCUT2D eigenvalue weighted by Gasteiger charge is -2.11. The first-order valence-electron chi connectivity index (χ1n) is 7.71. The van der Waals surface area contributed by atoms with Gasteiger partial charge in [0, 0.05) is 23.2 Å². The second-order valence-electron chi connectivity index (χ2n) is 5.23. The molecule has 0 amide bonds. The van der Waals surface area contributed by atoms with Gasteiger partial charge in [-0.1, -0.05) is 36.4 Å². The molecule has 0 saturated heterocycles. The number of pyridine rings is 2. The van der Waals surface area contributed by atoms with Gasteiger partial charge in [0.25, 0.3) is 0 Å². The van der Waals surface area contributed by atoms with E-state index in [-0.39, 0.29) is 0 Å².